The monoisotopic (exact) mass is 491 g/mol. The van der Waals surface area contributed by atoms with Crippen molar-refractivity contribution in [2.45, 2.75) is 44.6 Å². The van der Waals surface area contributed by atoms with E-state index < -0.39 is 17.9 Å². The number of aryl methyl sites for hydroxylation is 3. The average Bonchev–Trinajstić information content (AvgIpc) is 3.33. The summed E-state index contributed by atoms with van der Waals surface area (Å²) >= 11 is 0. The van der Waals surface area contributed by atoms with Crippen LogP contribution in [-0.2, 0) is 29.4 Å². The van der Waals surface area contributed by atoms with Crippen LogP contribution in [0.1, 0.15) is 47.3 Å². The van der Waals surface area contributed by atoms with Gasteiger partial charge in [0.05, 0.1) is 6.20 Å². The van der Waals surface area contributed by atoms with Gasteiger partial charge in [0.15, 0.2) is 0 Å². The van der Waals surface area contributed by atoms with Crippen LogP contribution in [0.2, 0.25) is 0 Å². The van der Waals surface area contributed by atoms with Crippen LogP contribution in [0.25, 0.3) is 11.1 Å². The molecule has 1 atom stereocenters. The number of benzene rings is 1. The van der Waals surface area contributed by atoms with Crippen molar-refractivity contribution in [2.75, 3.05) is 25.1 Å². The number of fused-ring (bicyclic) bond motifs is 1. The number of carboxylic acids is 1. The van der Waals surface area contributed by atoms with Gasteiger partial charge in [-0.15, -0.1) is 0 Å². The summed E-state index contributed by atoms with van der Waals surface area (Å²) in [5.74, 6) is -0.467. The maximum atomic E-state index is 12.7. The highest BCUT2D eigenvalue weighted by atomic mass is 16.5. The molecule has 0 saturated heterocycles. The van der Waals surface area contributed by atoms with Crippen molar-refractivity contribution in [3.05, 3.63) is 65.6 Å². The number of nitrogens with one attached hydrogen (secondary N) is 2. The van der Waals surface area contributed by atoms with E-state index in [-0.39, 0.29) is 0 Å². The molecule has 36 heavy (non-hydrogen) atoms. The van der Waals surface area contributed by atoms with Gasteiger partial charge in [-0.25, -0.2) is 9.78 Å². The Balaban J connectivity index is 1.18. The van der Waals surface area contributed by atoms with Gasteiger partial charge in [-0.2, -0.15) is 5.10 Å². The molecule has 4 rings (SSSR count). The lowest BCUT2D eigenvalue weighted by Gasteiger charge is -2.17. The molecule has 1 unspecified atom stereocenters. The number of carbonyl (C=O) groups is 2. The second-order valence-electron chi connectivity index (χ2n) is 9.05. The molecule has 0 bridgehead atoms. The normalized spacial score (nSPS) is 13.5. The molecule has 0 radical (unpaired) electrons. The Morgan fingerprint density at radius 1 is 1.19 bits per heavy atom. The van der Waals surface area contributed by atoms with Crippen molar-refractivity contribution in [1.29, 1.82) is 0 Å². The van der Waals surface area contributed by atoms with Crippen LogP contribution in [0.15, 0.2) is 48.8 Å². The second kappa shape index (κ2) is 12.3. The highest BCUT2D eigenvalue weighted by Crippen LogP contribution is 2.21. The quantitative estimate of drug-likeness (QED) is 0.332. The summed E-state index contributed by atoms with van der Waals surface area (Å²) < 4.78 is 7.39. The Morgan fingerprint density at radius 2 is 2.06 bits per heavy atom. The van der Waals surface area contributed by atoms with Gasteiger partial charge >= 0.3 is 5.97 Å². The third-order valence-corrected chi connectivity index (χ3v) is 6.22. The summed E-state index contributed by atoms with van der Waals surface area (Å²) in [5, 5.41) is 19.7. The molecule has 3 aromatic rings. The fourth-order valence-corrected chi connectivity index (χ4v) is 4.26. The van der Waals surface area contributed by atoms with E-state index in [1.807, 2.05) is 19.3 Å². The van der Waals surface area contributed by atoms with Crippen molar-refractivity contribution in [3.8, 4) is 11.1 Å². The Labute approximate surface area is 210 Å². The molecule has 1 aliphatic heterocycles. The summed E-state index contributed by atoms with van der Waals surface area (Å²) in [6.45, 7) is 1.99. The van der Waals surface area contributed by atoms with Gasteiger partial charge in [0.2, 0.25) is 0 Å². The fourth-order valence-electron chi connectivity index (χ4n) is 4.26. The van der Waals surface area contributed by atoms with Gasteiger partial charge < -0.3 is 20.5 Å². The predicted molar refractivity (Wildman–Crippen MR) is 137 cm³/mol. The van der Waals surface area contributed by atoms with Crippen LogP contribution in [-0.4, -0.2) is 57.5 Å². The Hall–Kier alpha value is -3.72. The first-order valence-electron chi connectivity index (χ1n) is 12.4. The maximum absolute atomic E-state index is 12.7. The number of ether oxygens (including phenoxy) is 1. The molecule has 0 spiro atoms. The zero-order valence-corrected chi connectivity index (χ0v) is 20.6. The summed E-state index contributed by atoms with van der Waals surface area (Å²) in [6.07, 6.45) is 8.31. The van der Waals surface area contributed by atoms with Crippen LogP contribution < -0.4 is 10.6 Å². The largest absolute Gasteiger partial charge is 0.480 e. The smallest absolute Gasteiger partial charge is 0.326 e. The Bertz CT molecular complexity index is 1190. The second-order valence-corrected chi connectivity index (χ2v) is 9.05. The van der Waals surface area contributed by atoms with E-state index in [0.29, 0.717) is 31.6 Å². The number of rotatable bonds is 12. The van der Waals surface area contributed by atoms with E-state index >= 15 is 0 Å². The number of nitrogens with zero attached hydrogens (tertiary/aromatic N) is 3. The van der Waals surface area contributed by atoms with Crippen LogP contribution in [0.4, 0.5) is 5.82 Å². The lowest BCUT2D eigenvalue weighted by molar-refractivity contribution is -0.139. The van der Waals surface area contributed by atoms with E-state index in [4.69, 9.17) is 4.74 Å². The van der Waals surface area contributed by atoms with Gasteiger partial charge in [0.1, 0.15) is 11.9 Å². The molecule has 1 aliphatic rings. The minimum Gasteiger partial charge on any atom is -0.480 e. The molecule has 2 aromatic heterocycles. The summed E-state index contributed by atoms with van der Waals surface area (Å²) in [6, 6.07) is 10.3. The number of amides is 1. The first-order chi connectivity index (χ1) is 17.5. The third kappa shape index (κ3) is 6.91. The number of carboxylic acid groups (broad SMARTS) is 1. The molecule has 3 heterocycles. The lowest BCUT2D eigenvalue weighted by Crippen LogP contribution is -2.40. The van der Waals surface area contributed by atoms with Gasteiger partial charge in [0.25, 0.3) is 5.91 Å². The highest BCUT2D eigenvalue weighted by Gasteiger charge is 2.20. The molecule has 1 amide bonds. The van der Waals surface area contributed by atoms with Crippen LogP contribution >= 0.6 is 0 Å². The molecule has 9 nitrogen and oxygen atoms in total. The van der Waals surface area contributed by atoms with Gasteiger partial charge in [-0.1, -0.05) is 18.2 Å². The van der Waals surface area contributed by atoms with Crippen LogP contribution in [0.5, 0.6) is 0 Å². The van der Waals surface area contributed by atoms with Gasteiger partial charge in [-0.05, 0) is 67.9 Å². The van der Waals surface area contributed by atoms with E-state index in [2.05, 4.69) is 32.8 Å². The molecule has 0 fully saturated rings. The van der Waals surface area contributed by atoms with Crippen LogP contribution in [0.3, 0.4) is 0 Å². The zero-order chi connectivity index (χ0) is 25.3. The number of aromatic nitrogens is 3. The average molecular weight is 492 g/mol. The maximum Gasteiger partial charge on any atom is 0.326 e. The molecule has 190 valence electrons. The molecule has 1 aromatic carbocycles. The summed E-state index contributed by atoms with van der Waals surface area (Å²) in [7, 11) is 1.82. The number of anilines is 1. The minimum absolute atomic E-state index is 0.293. The predicted octanol–water partition coefficient (Wildman–Crippen LogP) is 3.45. The third-order valence-electron chi connectivity index (χ3n) is 6.22. The Kier molecular flexibility index (Phi) is 8.67. The van der Waals surface area contributed by atoms with Crippen LogP contribution in [0, 0.1) is 0 Å². The molecular formula is C27H33N5O4. The number of hydrogen-bond donors (Lipinski definition) is 3. The molecule has 3 N–H and O–H groups in total. The van der Waals surface area contributed by atoms with Gasteiger partial charge in [-0.3, -0.25) is 9.48 Å². The first-order valence-corrected chi connectivity index (χ1v) is 12.4. The number of hydrogen-bond acceptors (Lipinski definition) is 6. The summed E-state index contributed by atoms with van der Waals surface area (Å²) in [5.41, 5.74) is 4.47. The lowest BCUT2D eigenvalue weighted by atomic mass is 10.1. The van der Waals surface area contributed by atoms with E-state index in [9.17, 15) is 14.7 Å². The number of aliphatic carboxylic acids is 1. The van der Waals surface area contributed by atoms with Crippen molar-refractivity contribution in [2.24, 2.45) is 7.05 Å². The first kappa shape index (κ1) is 25.4. The van der Waals surface area contributed by atoms with E-state index in [0.717, 1.165) is 54.9 Å². The van der Waals surface area contributed by atoms with Crippen molar-refractivity contribution >= 4 is 17.7 Å². The molecule has 0 aliphatic carbocycles. The fraction of sp³-hybridized carbons (Fsp3) is 0.407. The van der Waals surface area contributed by atoms with Crippen molar-refractivity contribution in [3.63, 3.8) is 0 Å². The molecule has 0 saturated carbocycles. The number of carbonyl (C=O) groups excluding carboxylic acids is 1. The number of pyridine rings is 1. The molecular weight excluding hydrogens is 458 g/mol. The van der Waals surface area contributed by atoms with Crippen molar-refractivity contribution < 1.29 is 19.4 Å². The van der Waals surface area contributed by atoms with E-state index in [1.54, 1.807) is 29.1 Å². The van der Waals surface area contributed by atoms with Crippen molar-refractivity contribution in [1.82, 2.24) is 20.1 Å². The summed E-state index contributed by atoms with van der Waals surface area (Å²) in [4.78, 5) is 29.1. The zero-order valence-electron chi connectivity index (χ0n) is 20.6. The topological polar surface area (TPSA) is 118 Å². The molecule has 9 heteroatoms. The Morgan fingerprint density at radius 3 is 2.86 bits per heavy atom. The standard InChI is InChI=1S/C27H33N5O4/c1-32-18-22(17-29-32)20-6-2-7-21(16-20)26(33)31-24(27(34)35)10-5-15-36-14-4-9-23-12-11-19-8-3-13-28-25(19)30-23/h2,6-7,11-12,16-18,24H,3-5,8-10,13-15H2,1H3,(H,28,30)(H,31,33)(H,34,35). The highest BCUT2D eigenvalue weighted by molar-refractivity contribution is 5.97. The minimum atomic E-state index is -1.06. The van der Waals surface area contributed by atoms with E-state index in [1.165, 1.54) is 5.56 Å². The SMILES string of the molecule is Cn1cc(-c2cccc(C(=O)NC(CCCOCCCc3ccc4c(n3)NCCC4)C(=O)O)c2)cn1. The van der Waals surface area contributed by atoms with Gasteiger partial charge in [0, 0.05) is 49.8 Å².